The van der Waals surface area contributed by atoms with Gasteiger partial charge in [-0.3, -0.25) is 14.4 Å². The van der Waals surface area contributed by atoms with E-state index in [4.69, 9.17) is 27.9 Å². The van der Waals surface area contributed by atoms with Crippen LogP contribution in [0.1, 0.15) is 50.9 Å². The van der Waals surface area contributed by atoms with Gasteiger partial charge in [-0.15, -0.1) is 0 Å². The Bertz CT molecular complexity index is 636. The van der Waals surface area contributed by atoms with Crippen molar-refractivity contribution < 1.29 is 19.1 Å². The molecule has 23 heavy (non-hydrogen) atoms. The predicted molar refractivity (Wildman–Crippen MR) is 90.7 cm³/mol. The second kappa shape index (κ2) is 7.93. The van der Waals surface area contributed by atoms with Gasteiger partial charge in [-0.05, 0) is 18.6 Å². The molecule has 126 valence electrons. The number of benzene rings is 1. The highest BCUT2D eigenvalue weighted by atomic mass is 35.5. The number of carbonyl (C=O) groups excluding carboxylic acids is 3. The number of ketones is 3. The highest BCUT2D eigenvalue weighted by molar-refractivity contribution is 6.50. The number of hydrogen-bond acceptors (Lipinski definition) is 4. The van der Waals surface area contributed by atoms with E-state index in [0.717, 1.165) is 0 Å². The Morgan fingerprint density at radius 1 is 1.09 bits per heavy atom. The van der Waals surface area contributed by atoms with Gasteiger partial charge in [0.15, 0.2) is 5.78 Å². The summed E-state index contributed by atoms with van der Waals surface area (Å²) in [5, 5.41) is -0.0262. The molecule has 0 aliphatic carbocycles. The second-order valence-corrected chi connectivity index (χ2v) is 6.55. The number of hydrogen-bond donors (Lipinski definition) is 0. The first-order valence-electron chi connectivity index (χ1n) is 7.37. The van der Waals surface area contributed by atoms with Gasteiger partial charge >= 0.3 is 0 Å². The van der Waals surface area contributed by atoms with Gasteiger partial charge in [-0.25, -0.2) is 0 Å². The van der Waals surface area contributed by atoms with E-state index in [1.165, 1.54) is 12.1 Å². The Labute approximate surface area is 146 Å². The lowest BCUT2D eigenvalue weighted by atomic mass is 9.86. The molecule has 0 saturated heterocycles. The highest BCUT2D eigenvalue weighted by Gasteiger charge is 2.26. The molecular formula is C17H20Cl2O4. The van der Waals surface area contributed by atoms with Crippen molar-refractivity contribution in [2.24, 2.45) is 5.41 Å². The molecule has 0 bridgehead atoms. The molecule has 0 aromatic heterocycles. The Morgan fingerprint density at radius 3 is 2.22 bits per heavy atom. The van der Waals surface area contributed by atoms with Crippen LogP contribution >= 0.6 is 23.2 Å². The van der Waals surface area contributed by atoms with Gasteiger partial charge in [0.25, 0.3) is 0 Å². The van der Waals surface area contributed by atoms with E-state index in [1.54, 1.807) is 6.92 Å². The molecule has 0 radical (unpaired) electrons. The first-order valence-corrected chi connectivity index (χ1v) is 8.12. The highest BCUT2D eigenvalue weighted by Crippen LogP contribution is 2.35. The van der Waals surface area contributed by atoms with Gasteiger partial charge in [-0.1, -0.05) is 50.9 Å². The number of ether oxygens (including phenoxy) is 1. The van der Waals surface area contributed by atoms with E-state index in [1.807, 2.05) is 20.8 Å². The van der Waals surface area contributed by atoms with E-state index >= 15 is 0 Å². The molecule has 0 spiro atoms. The fourth-order valence-electron chi connectivity index (χ4n) is 1.67. The summed E-state index contributed by atoms with van der Waals surface area (Å²) < 4.78 is 5.43. The lowest BCUT2D eigenvalue weighted by molar-refractivity contribution is -0.129. The molecule has 0 aliphatic rings. The Morgan fingerprint density at radius 2 is 1.70 bits per heavy atom. The van der Waals surface area contributed by atoms with E-state index in [-0.39, 0.29) is 40.2 Å². The maximum absolute atomic E-state index is 12.1. The molecule has 4 nitrogen and oxygen atoms in total. The van der Waals surface area contributed by atoms with Crippen LogP contribution in [-0.4, -0.2) is 24.0 Å². The van der Waals surface area contributed by atoms with Crippen molar-refractivity contribution in [1.82, 2.24) is 0 Å². The van der Waals surface area contributed by atoms with Crippen molar-refractivity contribution in [3.05, 3.63) is 27.7 Å². The summed E-state index contributed by atoms with van der Waals surface area (Å²) in [6.45, 7) is 7.05. The number of rotatable bonds is 8. The normalized spacial score (nSPS) is 11.2. The molecule has 0 saturated carbocycles. The minimum Gasteiger partial charge on any atom is -0.484 e. The second-order valence-electron chi connectivity index (χ2n) is 5.79. The average Bonchev–Trinajstić information content (AvgIpc) is 2.54. The molecule has 6 heteroatoms. The molecule has 1 aromatic rings. The van der Waals surface area contributed by atoms with Crippen LogP contribution in [0.3, 0.4) is 0 Å². The zero-order chi connectivity index (χ0) is 17.8. The maximum atomic E-state index is 12.1. The van der Waals surface area contributed by atoms with E-state index in [9.17, 15) is 14.4 Å². The standard InChI is InChI=1S/C17H20Cl2O4/c1-5-11(20)16(22)10-7-8-12(15(19)14(10)18)23-9-13(21)17(3,4)6-2/h7-8H,5-6,9H2,1-4H3. The molecule has 0 fully saturated rings. The molecular weight excluding hydrogens is 339 g/mol. The molecule has 0 amide bonds. The van der Waals surface area contributed by atoms with Gasteiger partial charge < -0.3 is 4.74 Å². The fourth-order valence-corrected chi connectivity index (χ4v) is 2.13. The quantitative estimate of drug-likeness (QED) is 0.505. The van der Waals surface area contributed by atoms with Gasteiger partial charge in [0.1, 0.15) is 17.4 Å². The lowest BCUT2D eigenvalue weighted by Gasteiger charge is -2.21. The minimum absolute atomic E-state index is 0.0172. The predicted octanol–water partition coefficient (Wildman–Crippen LogP) is 4.54. The van der Waals surface area contributed by atoms with Gasteiger partial charge in [0, 0.05) is 17.4 Å². The number of carbonyl (C=O) groups is 3. The first-order chi connectivity index (χ1) is 10.7. The van der Waals surface area contributed by atoms with E-state index < -0.39 is 17.0 Å². The summed E-state index contributed by atoms with van der Waals surface area (Å²) in [7, 11) is 0. The molecule has 0 N–H and O–H groups in total. The summed E-state index contributed by atoms with van der Waals surface area (Å²) >= 11 is 12.1. The van der Waals surface area contributed by atoms with Crippen molar-refractivity contribution in [3.8, 4) is 5.75 Å². The third-order valence-corrected chi connectivity index (χ3v) is 4.73. The molecule has 1 aromatic carbocycles. The van der Waals surface area contributed by atoms with Crippen molar-refractivity contribution in [2.45, 2.75) is 40.5 Å². The molecule has 1 rings (SSSR count). The topological polar surface area (TPSA) is 60.4 Å². The van der Waals surface area contributed by atoms with Crippen LogP contribution in [0.25, 0.3) is 0 Å². The van der Waals surface area contributed by atoms with Crippen LogP contribution in [0.15, 0.2) is 12.1 Å². The van der Waals surface area contributed by atoms with E-state index in [0.29, 0.717) is 6.42 Å². The first kappa shape index (κ1) is 19.7. The third-order valence-electron chi connectivity index (χ3n) is 3.86. The molecule has 0 heterocycles. The smallest absolute Gasteiger partial charge is 0.230 e. The van der Waals surface area contributed by atoms with E-state index in [2.05, 4.69) is 0 Å². The zero-order valence-electron chi connectivity index (χ0n) is 13.7. The average molecular weight is 359 g/mol. The van der Waals surface area contributed by atoms with Crippen molar-refractivity contribution in [2.75, 3.05) is 6.61 Å². The summed E-state index contributed by atoms with van der Waals surface area (Å²) in [4.78, 5) is 35.5. The van der Waals surface area contributed by atoms with Gasteiger partial charge in [-0.2, -0.15) is 0 Å². The molecule has 0 atom stereocenters. The van der Waals surface area contributed by atoms with Crippen LogP contribution in [-0.2, 0) is 9.59 Å². The summed E-state index contributed by atoms with van der Waals surface area (Å²) in [5.74, 6) is -1.09. The largest absolute Gasteiger partial charge is 0.484 e. The van der Waals surface area contributed by atoms with Crippen LogP contribution in [0, 0.1) is 5.41 Å². The maximum Gasteiger partial charge on any atom is 0.230 e. The molecule has 0 unspecified atom stereocenters. The SMILES string of the molecule is CCC(=O)C(=O)c1ccc(OCC(=O)C(C)(C)CC)c(Cl)c1Cl. The Kier molecular flexibility index (Phi) is 6.78. The van der Waals surface area contributed by atoms with Crippen molar-refractivity contribution >= 4 is 40.6 Å². The monoisotopic (exact) mass is 358 g/mol. The lowest BCUT2D eigenvalue weighted by Crippen LogP contribution is -2.28. The number of halogens is 2. The molecule has 0 aliphatic heterocycles. The van der Waals surface area contributed by atoms with Crippen LogP contribution in [0.4, 0.5) is 0 Å². The fraction of sp³-hybridized carbons (Fsp3) is 0.471. The Hall–Kier alpha value is -1.39. The van der Waals surface area contributed by atoms with Crippen LogP contribution < -0.4 is 4.74 Å². The van der Waals surface area contributed by atoms with Crippen molar-refractivity contribution in [3.63, 3.8) is 0 Å². The van der Waals surface area contributed by atoms with Crippen LogP contribution in [0.2, 0.25) is 10.0 Å². The van der Waals surface area contributed by atoms with Crippen molar-refractivity contribution in [1.29, 1.82) is 0 Å². The zero-order valence-corrected chi connectivity index (χ0v) is 15.2. The summed E-state index contributed by atoms with van der Waals surface area (Å²) in [6, 6.07) is 2.82. The van der Waals surface area contributed by atoms with Crippen LogP contribution in [0.5, 0.6) is 5.75 Å². The minimum atomic E-state index is -0.686. The third kappa shape index (κ3) is 4.55. The number of Topliss-reactive ketones (excluding diaryl/α,β-unsaturated/α-hetero) is 3. The summed E-state index contributed by atoms with van der Waals surface area (Å²) in [6.07, 6.45) is 0.780. The Balaban J connectivity index is 2.96. The van der Waals surface area contributed by atoms with Gasteiger partial charge in [0.2, 0.25) is 11.6 Å². The summed E-state index contributed by atoms with van der Waals surface area (Å²) in [5.41, 5.74) is -0.448. The van der Waals surface area contributed by atoms with Gasteiger partial charge in [0.05, 0.1) is 5.02 Å².